The van der Waals surface area contributed by atoms with Gasteiger partial charge in [0.15, 0.2) is 0 Å². The first-order valence-electron chi connectivity index (χ1n) is 7.31. The van der Waals surface area contributed by atoms with Gasteiger partial charge in [0, 0.05) is 17.8 Å². The maximum absolute atomic E-state index is 13.7. The van der Waals surface area contributed by atoms with Gasteiger partial charge in [-0.2, -0.15) is 0 Å². The molecule has 7 heteroatoms. The highest BCUT2D eigenvalue weighted by molar-refractivity contribution is 6.00. The Bertz CT molecular complexity index is 764. The smallest absolute Gasteiger partial charge is 0.270 e. The first kappa shape index (κ1) is 17.4. The summed E-state index contributed by atoms with van der Waals surface area (Å²) >= 11 is 0. The van der Waals surface area contributed by atoms with Crippen LogP contribution in [0.15, 0.2) is 42.5 Å². The van der Waals surface area contributed by atoms with Crippen molar-refractivity contribution in [1.29, 1.82) is 0 Å². The number of nitrogen functional groups attached to an aromatic ring is 1. The highest BCUT2D eigenvalue weighted by atomic mass is 19.1. The zero-order valence-corrected chi connectivity index (χ0v) is 13.3. The molecule has 0 radical (unpaired) electrons. The molecule has 24 heavy (non-hydrogen) atoms. The van der Waals surface area contributed by atoms with E-state index in [1.54, 1.807) is 37.3 Å². The van der Waals surface area contributed by atoms with Crippen molar-refractivity contribution >= 4 is 17.5 Å². The van der Waals surface area contributed by atoms with Gasteiger partial charge in [0.05, 0.1) is 5.56 Å². The molecule has 0 aromatic heterocycles. The van der Waals surface area contributed by atoms with Crippen molar-refractivity contribution in [3.05, 3.63) is 65.0 Å². The van der Waals surface area contributed by atoms with Crippen molar-refractivity contribution in [2.24, 2.45) is 5.84 Å². The van der Waals surface area contributed by atoms with Crippen LogP contribution in [0.5, 0.6) is 0 Å². The predicted molar refractivity (Wildman–Crippen MR) is 89.1 cm³/mol. The Balaban J connectivity index is 1.92. The van der Waals surface area contributed by atoms with Gasteiger partial charge in [-0.1, -0.05) is 24.3 Å². The number of nitrogens with one attached hydrogen (secondary N) is 1. The summed E-state index contributed by atoms with van der Waals surface area (Å²) in [5.41, 5.74) is 7.36. The Labute approximate surface area is 139 Å². The number of nitrogens with zero attached hydrogens (tertiary/aromatic N) is 1. The van der Waals surface area contributed by atoms with E-state index >= 15 is 0 Å². The fourth-order valence-electron chi connectivity index (χ4n) is 2.12. The minimum absolute atomic E-state index is 0.0143. The largest absolute Gasteiger partial charge is 0.398 e. The molecule has 0 aliphatic rings. The van der Waals surface area contributed by atoms with Crippen molar-refractivity contribution in [3.63, 3.8) is 0 Å². The second-order valence-electron chi connectivity index (χ2n) is 5.39. The minimum Gasteiger partial charge on any atom is -0.398 e. The summed E-state index contributed by atoms with van der Waals surface area (Å²) in [6, 6.07) is 11.2. The number of anilines is 1. The molecule has 5 N–H and O–H groups in total. The van der Waals surface area contributed by atoms with E-state index in [2.05, 4.69) is 5.32 Å². The van der Waals surface area contributed by atoms with Crippen LogP contribution in [-0.2, 0) is 11.3 Å². The lowest BCUT2D eigenvalue weighted by molar-refractivity contribution is -0.122. The fourth-order valence-corrected chi connectivity index (χ4v) is 2.12. The summed E-state index contributed by atoms with van der Waals surface area (Å²) in [6.07, 6.45) is 0. The van der Waals surface area contributed by atoms with E-state index in [9.17, 15) is 14.0 Å². The number of benzene rings is 2. The molecule has 0 atom stereocenters. The van der Waals surface area contributed by atoms with Gasteiger partial charge in [-0.3, -0.25) is 14.6 Å². The minimum atomic E-state index is -0.565. The van der Waals surface area contributed by atoms with E-state index < -0.39 is 17.6 Å². The average molecular weight is 330 g/mol. The third-order valence-electron chi connectivity index (χ3n) is 3.45. The van der Waals surface area contributed by atoms with E-state index in [1.807, 2.05) is 0 Å². The van der Waals surface area contributed by atoms with E-state index in [0.29, 0.717) is 5.56 Å². The molecule has 0 fully saturated rings. The van der Waals surface area contributed by atoms with E-state index in [-0.39, 0.29) is 24.3 Å². The molecule has 6 nitrogen and oxygen atoms in total. The quantitative estimate of drug-likeness (QED) is 0.333. The zero-order chi connectivity index (χ0) is 17.7. The molecule has 0 heterocycles. The molecular weight excluding hydrogens is 311 g/mol. The Kier molecular flexibility index (Phi) is 5.49. The molecule has 0 unspecified atom stereocenters. The Morgan fingerprint density at radius 3 is 2.58 bits per heavy atom. The van der Waals surface area contributed by atoms with Gasteiger partial charge in [0.25, 0.3) is 5.91 Å². The Hall–Kier alpha value is -2.93. The number of nitrogens with two attached hydrogens (primary N) is 2. The first-order valence-corrected chi connectivity index (χ1v) is 7.31. The third-order valence-corrected chi connectivity index (χ3v) is 3.45. The summed E-state index contributed by atoms with van der Waals surface area (Å²) in [6.45, 7) is 1.43. The molecule has 2 rings (SSSR count). The second-order valence-corrected chi connectivity index (χ2v) is 5.39. The van der Waals surface area contributed by atoms with Crippen molar-refractivity contribution in [1.82, 2.24) is 10.3 Å². The van der Waals surface area contributed by atoms with Crippen LogP contribution < -0.4 is 16.9 Å². The molecule has 2 aromatic carbocycles. The van der Waals surface area contributed by atoms with Crippen LogP contribution in [0.2, 0.25) is 0 Å². The van der Waals surface area contributed by atoms with Crippen molar-refractivity contribution in [2.45, 2.75) is 13.5 Å². The molecule has 0 aliphatic carbocycles. The van der Waals surface area contributed by atoms with E-state index in [1.165, 1.54) is 12.1 Å². The number of hydrogen-bond acceptors (Lipinski definition) is 4. The molecular formula is C17H19FN4O2. The monoisotopic (exact) mass is 330 g/mol. The molecule has 2 aromatic rings. The number of amides is 2. The van der Waals surface area contributed by atoms with Gasteiger partial charge in [0.1, 0.15) is 12.4 Å². The van der Waals surface area contributed by atoms with Crippen LogP contribution in [0.4, 0.5) is 10.1 Å². The number of carbonyl (C=O) groups excluding carboxylic acids is 2. The fraction of sp³-hybridized carbons (Fsp3) is 0.176. The summed E-state index contributed by atoms with van der Waals surface area (Å²) in [5.74, 6) is 4.17. The van der Waals surface area contributed by atoms with Crippen LogP contribution >= 0.6 is 0 Å². The molecule has 0 spiro atoms. The summed E-state index contributed by atoms with van der Waals surface area (Å²) in [7, 11) is 0. The highest BCUT2D eigenvalue weighted by Crippen LogP contribution is 2.12. The molecule has 0 aliphatic heterocycles. The average Bonchev–Trinajstić information content (AvgIpc) is 2.53. The van der Waals surface area contributed by atoms with E-state index in [4.69, 9.17) is 11.6 Å². The first-order chi connectivity index (χ1) is 11.4. The molecule has 0 bridgehead atoms. The lowest BCUT2D eigenvalue weighted by atomic mass is 10.1. The van der Waals surface area contributed by atoms with Crippen molar-refractivity contribution < 1.29 is 14.0 Å². The maximum Gasteiger partial charge on any atom is 0.270 e. The van der Waals surface area contributed by atoms with Crippen molar-refractivity contribution in [2.75, 3.05) is 12.3 Å². The molecule has 0 saturated carbocycles. The Morgan fingerprint density at radius 1 is 1.21 bits per heavy atom. The lowest BCUT2D eigenvalue weighted by Crippen LogP contribution is -2.45. The van der Waals surface area contributed by atoms with Crippen molar-refractivity contribution in [3.8, 4) is 0 Å². The number of hydrazine groups is 1. The lowest BCUT2D eigenvalue weighted by Gasteiger charge is -2.17. The normalized spacial score (nSPS) is 10.3. The zero-order valence-electron chi connectivity index (χ0n) is 13.3. The van der Waals surface area contributed by atoms with Gasteiger partial charge < -0.3 is 11.1 Å². The molecule has 126 valence electrons. The molecule has 0 saturated heterocycles. The number of halogens is 1. The standard InChI is InChI=1S/C17H19FN4O2/c1-11-6-7-12(14(18)8-11)9-21-16(23)10-22(20)17(24)13-4-2-3-5-15(13)19/h2-8H,9-10,19-20H2,1H3,(H,21,23). The predicted octanol–water partition coefficient (Wildman–Crippen LogP) is 1.35. The van der Waals surface area contributed by atoms with Gasteiger partial charge in [-0.15, -0.1) is 0 Å². The van der Waals surface area contributed by atoms with E-state index in [0.717, 1.165) is 10.6 Å². The topological polar surface area (TPSA) is 101 Å². The van der Waals surface area contributed by atoms with Crippen LogP contribution in [0.25, 0.3) is 0 Å². The van der Waals surface area contributed by atoms with Crippen LogP contribution in [0, 0.1) is 12.7 Å². The van der Waals surface area contributed by atoms with Crippen LogP contribution in [-0.4, -0.2) is 23.4 Å². The summed E-state index contributed by atoms with van der Waals surface area (Å²) < 4.78 is 13.7. The number of rotatable bonds is 5. The Morgan fingerprint density at radius 2 is 1.92 bits per heavy atom. The number of aryl methyl sites for hydroxylation is 1. The van der Waals surface area contributed by atoms with Gasteiger partial charge in [-0.25, -0.2) is 10.2 Å². The number of carbonyl (C=O) groups is 2. The van der Waals surface area contributed by atoms with Gasteiger partial charge in [0.2, 0.25) is 5.91 Å². The van der Waals surface area contributed by atoms with Crippen LogP contribution in [0.1, 0.15) is 21.5 Å². The molecule has 2 amide bonds. The number of hydrogen-bond donors (Lipinski definition) is 3. The summed E-state index contributed by atoms with van der Waals surface area (Å²) in [4.78, 5) is 24.0. The second kappa shape index (κ2) is 7.56. The van der Waals surface area contributed by atoms with Crippen LogP contribution in [0.3, 0.4) is 0 Å². The maximum atomic E-state index is 13.7. The SMILES string of the molecule is Cc1ccc(CNC(=O)CN(N)C(=O)c2ccccc2N)c(F)c1. The number of para-hydroxylation sites is 1. The highest BCUT2D eigenvalue weighted by Gasteiger charge is 2.17. The summed E-state index contributed by atoms with van der Waals surface area (Å²) in [5, 5.41) is 3.30. The van der Waals surface area contributed by atoms with Gasteiger partial charge >= 0.3 is 0 Å². The third kappa shape index (κ3) is 4.30. The van der Waals surface area contributed by atoms with Gasteiger partial charge in [-0.05, 0) is 30.7 Å².